The number of rotatable bonds is 1. The first-order valence-electron chi connectivity index (χ1n) is 5.16. The lowest BCUT2D eigenvalue weighted by Gasteiger charge is -2.19. The average Bonchev–Trinajstić information content (AvgIpc) is 2.11. The number of alkyl halides is 3. The summed E-state index contributed by atoms with van der Waals surface area (Å²) >= 11 is 4.56. The molecule has 1 amide bonds. The lowest BCUT2D eigenvalue weighted by molar-refractivity contribution is -0.141. The van der Waals surface area contributed by atoms with Crippen molar-refractivity contribution in [1.82, 2.24) is 9.97 Å². The predicted molar refractivity (Wildman–Crippen MR) is 64.3 cm³/mol. The molecular formula is C10H12F3N3O2S. The van der Waals surface area contributed by atoms with Gasteiger partial charge in [-0.15, -0.1) is 0 Å². The maximum atomic E-state index is 12.5. The minimum absolute atomic E-state index is 0.328. The third-order valence-electron chi connectivity index (χ3n) is 1.68. The first kappa shape index (κ1) is 15.4. The molecule has 9 heteroatoms. The van der Waals surface area contributed by atoms with Crippen LogP contribution in [0, 0.1) is 4.77 Å². The van der Waals surface area contributed by atoms with Crippen molar-refractivity contribution in [3.63, 3.8) is 0 Å². The molecule has 5 nitrogen and oxygen atoms in total. The third-order valence-corrected chi connectivity index (χ3v) is 1.87. The first-order chi connectivity index (χ1) is 8.47. The molecule has 1 heterocycles. The fraction of sp³-hybridized carbons (Fsp3) is 0.500. The van der Waals surface area contributed by atoms with E-state index in [0.29, 0.717) is 6.07 Å². The van der Waals surface area contributed by atoms with E-state index in [1.54, 1.807) is 20.8 Å². The summed E-state index contributed by atoms with van der Waals surface area (Å²) in [5.74, 6) is -0.328. The van der Waals surface area contributed by atoms with Crippen LogP contribution in [0.3, 0.4) is 0 Å². The average molecular weight is 295 g/mol. The second-order valence-electron chi connectivity index (χ2n) is 4.61. The number of hydrogen-bond acceptors (Lipinski definition) is 4. The summed E-state index contributed by atoms with van der Waals surface area (Å²) in [4.78, 5) is 16.9. The number of nitrogens with zero attached hydrogens (tertiary/aromatic N) is 1. The molecule has 1 aromatic heterocycles. The Labute approximate surface area is 112 Å². The molecule has 0 saturated carbocycles. The molecule has 0 saturated heterocycles. The fourth-order valence-corrected chi connectivity index (χ4v) is 1.29. The standard InChI is InChI=1S/C10H12F3N3O2S/c1-9(2,3)18-8(17)16-6-4-5(10(11,12)13)14-7(19)15-6/h4H,1-3H3,(H2,14,15,16,17,19). The van der Waals surface area contributed by atoms with Gasteiger partial charge in [0.2, 0.25) is 0 Å². The number of carbonyl (C=O) groups excluding carboxylic acids is 1. The molecule has 0 unspecified atom stereocenters. The lowest BCUT2D eigenvalue weighted by atomic mass is 10.2. The van der Waals surface area contributed by atoms with Crippen molar-refractivity contribution in [3.8, 4) is 0 Å². The number of aromatic amines is 1. The molecule has 0 spiro atoms. The minimum Gasteiger partial charge on any atom is -0.444 e. The maximum Gasteiger partial charge on any atom is 0.431 e. The van der Waals surface area contributed by atoms with Gasteiger partial charge in [0.25, 0.3) is 0 Å². The number of ether oxygens (including phenoxy) is 1. The summed E-state index contributed by atoms with van der Waals surface area (Å²) in [6, 6.07) is 0.639. The summed E-state index contributed by atoms with van der Waals surface area (Å²) in [5, 5.41) is 2.09. The number of anilines is 1. The van der Waals surface area contributed by atoms with E-state index in [4.69, 9.17) is 4.74 Å². The van der Waals surface area contributed by atoms with Gasteiger partial charge < -0.3 is 9.72 Å². The zero-order chi connectivity index (χ0) is 14.8. The highest BCUT2D eigenvalue weighted by Gasteiger charge is 2.32. The molecule has 0 atom stereocenters. The quantitative estimate of drug-likeness (QED) is 0.778. The van der Waals surface area contributed by atoms with Gasteiger partial charge in [-0.3, -0.25) is 5.32 Å². The van der Waals surface area contributed by atoms with Crippen LogP contribution in [0.25, 0.3) is 0 Å². The number of H-pyrrole nitrogens is 1. The van der Waals surface area contributed by atoms with E-state index in [2.05, 4.69) is 22.5 Å². The van der Waals surface area contributed by atoms with Crippen molar-refractivity contribution >= 4 is 24.1 Å². The lowest BCUT2D eigenvalue weighted by Crippen LogP contribution is -2.27. The Morgan fingerprint density at radius 2 is 2.00 bits per heavy atom. The van der Waals surface area contributed by atoms with Gasteiger partial charge >= 0.3 is 12.3 Å². The van der Waals surface area contributed by atoms with Crippen LogP contribution in [0.15, 0.2) is 6.07 Å². The van der Waals surface area contributed by atoms with E-state index < -0.39 is 23.6 Å². The molecule has 106 valence electrons. The molecule has 19 heavy (non-hydrogen) atoms. The molecule has 0 radical (unpaired) electrons. The second kappa shape index (κ2) is 5.16. The molecular weight excluding hydrogens is 283 g/mol. The van der Waals surface area contributed by atoms with Crippen LogP contribution in [-0.4, -0.2) is 21.7 Å². The molecule has 0 fully saturated rings. The van der Waals surface area contributed by atoms with Crippen molar-refractivity contribution in [3.05, 3.63) is 16.5 Å². The monoisotopic (exact) mass is 295 g/mol. The van der Waals surface area contributed by atoms with Crippen molar-refractivity contribution in [2.24, 2.45) is 0 Å². The Hall–Kier alpha value is -1.64. The highest BCUT2D eigenvalue weighted by atomic mass is 32.1. The van der Waals surface area contributed by atoms with Crippen LogP contribution < -0.4 is 5.32 Å². The van der Waals surface area contributed by atoms with Crippen LogP contribution >= 0.6 is 12.2 Å². The summed E-state index contributed by atoms with van der Waals surface area (Å²) in [6.45, 7) is 4.87. The van der Waals surface area contributed by atoms with Crippen LogP contribution in [-0.2, 0) is 10.9 Å². The van der Waals surface area contributed by atoms with E-state index >= 15 is 0 Å². The number of amides is 1. The van der Waals surface area contributed by atoms with Gasteiger partial charge in [0.1, 0.15) is 17.1 Å². The van der Waals surface area contributed by atoms with E-state index in [1.165, 1.54) is 0 Å². The van der Waals surface area contributed by atoms with Crippen molar-refractivity contribution < 1.29 is 22.7 Å². The second-order valence-corrected chi connectivity index (χ2v) is 5.00. The number of hydrogen-bond donors (Lipinski definition) is 2. The zero-order valence-electron chi connectivity index (χ0n) is 10.4. The summed E-state index contributed by atoms with van der Waals surface area (Å²) in [5.41, 5.74) is -1.87. The molecule has 0 bridgehead atoms. The van der Waals surface area contributed by atoms with Gasteiger partial charge in [-0.1, -0.05) is 0 Å². The van der Waals surface area contributed by atoms with Crippen LogP contribution in [0.2, 0.25) is 0 Å². The van der Waals surface area contributed by atoms with Crippen molar-refractivity contribution in [2.75, 3.05) is 5.32 Å². The Kier molecular flexibility index (Phi) is 4.18. The van der Waals surface area contributed by atoms with Gasteiger partial charge in [0.05, 0.1) is 0 Å². The maximum absolute atomic E-state index is 12.5. The molecule has 2 N–H and O–H groups in total. The Morgan fingerprint density at radius 1 is 1.42 bits per heavy atom. The SMILES string of the molecule is CC(C)(C)OC(=O)Nc1cc(C(F)(F)F)[nH]c(=S)n1. The van der Waals surface area contributed by atoms with Gasteiger partial charge in [-0.25, -0.2) is 9.78 Å². The fourth-order valence-electron chi connectivity index (χ4n) is 1.08. The highest BCUT2D eigenvalue weighted by molar-refractivity contribution is 7.71. The Balaban J connectivity index is 2.94. The molecule has 1 rings (SSSR count). The van der Waals surface area contributed by atoms with E-state index in [1.807, 2.05) is 4.98 Å². The number of nitrogens with one attached hydrogen (secondary N) is 2. The largest absolute Gasteiger partial charge is 0.444 e. The van der Waals surface area contributed by atoms with Gasteiger partial charge in [0, 0.05) is 6.07 Å². The van der Waals surface area contributed by atoms with E-state index in [9.17, 15) is 18.0 Å². The summed E-state index contributed by atoms with van der Waals surface area (Å²) in [6.07, 6.45) is -5.52. The van der Waals surface area contributed by atoms with E-state index in [-0.39, 0.29) is 10.6 Å². The number of halogens is 3. The summed E-state index contributed by atoms with van der Waals surface area (Å²) < 4.78 is 42.0. The number of carbonyl (C=O) groups is 1. The first-order valence-corrected chi connectivity index (χ1v) is 5.57. The van der Waals surface area contributed by atoms with Crippen LogP contribution in [0.1, 0.15) is 26.5 Å². The Bertz CT molecular complexity index is 534. The van der Waals surface area contributed by atoms with Crippen LogP contribution in [0.4, 0.5) is 23.8 Å². The molecule has 0 aliphatic heterocycles. The summed E-state index contributed by atoms with van der Waals surface area (Å²) in [7, 11) is 0. The van der Waals surface area contributed by atoms with Crippen molar-refractivity contribution in [1.29, 1.82) is 0 Å². The van der Waals surface area contributed by atoms with Crippen molar-refractivity contribution in [2.45, 2.75) is 32.5 Å². The molecule has 0 aliphatic carbocycles. The number of aromatic nitrogens is 2. The van der Waals surface area contributed by atoms with Gasteiger partial charge in [0.15, 0.2) is 4.77 Å². The highest BCUT2D eigenvalue weighted by Crippen LogP contribution is 2.28. The smallest absolute Gasteiger partial charge is 0.431 e. The molecule has 0 aliphatic rings. The normalized spacial score (nSPS) is 12.1. The zero-order valence-corrected chi connectivity index (χ0v) is 11.2. The topological polar surface area (TPSA) is 67.0 Å². The minimum atomic E-state index is -4.61. The third kappa shape index (κ3) is 5.25. The predicted octanol–water partition coefficient (Wildman–Crippen LogP) is 3.50. The molecule has 0 aromatic carbocycles. The van der Waals surface area contributed by atoms with Gasteiger partial charge in [-0.2, -0.15) is 13.2 Å². The van der Waals surface area contributed by atoms with Gasteiger partial charge in [-0.05, 0) is 33.0 Å². The Morgan fingerprint density at radius 3 is 2.47 bits per heavy atom. The van der Waals surface area contributed by atoms with E-state index in [0.717, 1.165) is 0 Å². The van der Waals surface area contributed by atoms with Crippen LogP contribution in [0.5, 0.6) is 0 Å². The molecule has 1 aromatic rings.